The van der Waals surface area contributed by atoms with E-state index in [2.05, 4.69) is 20.5 Å². The normalized spacial score (nSPS) is 19.6. The van der Waals surface area contributed by atoms with E-state index >= 15 is 0 Å². The molecule has 1 aliphatic heterocycles. The number of thioether (sulfide) groups is 1. The van der Waals surface area contributed by atoms with Crippen LogP contribution in [0, 0.1) is 0 Å². The van der Waals surface area contributed by atoms with Gasteiger partial charge in [-0.3, -0.25) is 9.89 Å². The lowest BCUT2D eigenvalue weighted by Gasteiger charge is -2.36. The summed E-state index contributed by atoms with van der Waals surface area (Å²) >= 11 is 1.55. The molecule has 1 amide bonds. The summed E-state index contributed by atoms with van der Waals surface area (Å²) in [4.78, 5) is 16.6. The molecule has 3 N–H and O–H groups in total. The predicted octanol–water partition coefficient (Wildman–Crippen LogP) is 4.89. The zero-order valence-corrected chi connectivity index (χ0v) is 20.2. The number of carbonyl (C=O) groups excluding carboxylic acids is 1. The molecule has 3 aromatic carbocycles. The SMILES string of the molecule is O=C(Nc1ccc([C@@H]2O[C@H](CSc3ncn[nH]3)C[C@H](c3ccc(CO)cc3)O2)cc1)c1ccccc1. The van der Waals surface area contributed by atoms with Crippen LogP contribution in [0.2, 0.25) is 0 Å². The molecule has 4 aromatic rings. The molecular formula is C27H26N4O4S. The van der Waals surface area contributed by atoms with Crippen LogP contribution >= 0.6 is 11.8 Å². The summed E-state index contributed by atoms with van der Waals surface area (Å²) in [6, 6.07) is 24.4. The van der Waals surface area contributed by atoms with Gasteiger partial charge in [-0.05, 0) is 35.4 Å². The fraction of sp³-hybridized carbons (Fsp3) is 0.222. The summed E-state index contributed by atoms with van der Waals surface area (Å²) in [5.41, 5.74) is 4.04. The number of carbonyl (C=O) groups is 1. The summed E-state index contributed by atoms with van der Waals surface area (Å²) in [6.07, 6.45) is 1.34. The molecule has 3 atom stereocenters. The molecule has 8 nitrogen and oxygen atoms in total. The van der Waals surface area contributed by atoms with Gasteiger partial charge in [0.15, 0.2) is 11.4 Å². The molecule has 1 aromatic heterocycles. The lowest BCUT2D eigenvalue weighted by molar-refractivity contribution is -0.245. The third kappa shape index (κ3) is 6.00. The summed E-state index contributed by atoms with van der Waals surface area (Å²) in [5, 5.41) is 19.8. The van der Waals surface area contributed by atoms with E-state index in [4.69, 9.17) is 9.47 Å². The van der Waals surface area contributed by atoms with Crippen LogP contribution < -0.4 is 5.32 Å². The van der Waals surface area contributed by atoms with E-state index in [1.165, 1.54) is 6.33 Å². The van der Waals surface area contributed by atoms with Crippen molar-refractivity contribution in [3.8, 4) is 0 Å². The lowest BCUT2D eigenvalue weighted by atomic mass is 10.0. The minimum atomic E-state index is -0.569. The molecule has 0 saturated carbocycles. The van der Waals surface area contributed by atoms with E-state index < -0.39 is 6.29 Å². The Kier molecular flexibility index (Phi) is 7.73. The largest absolute Gasteiger partial charge is 0.392 e. The third-order valence-corrected chi connectivity index (χ3v) is 6.90. The average molecular weight is 503 g/mol. The van der Waals surface area contributed by atoms with Crippen molar-refractivity contribution < 1.29 is 19.4 Å². The number of benzene rings is 3. The summed E-state index contributed by atoms with van der Waals surface area (Å²) in [6.45, 7) is 0.00114. The number of rotatable bonds is 8. The van der Waals surface area contributed by atoms with Gasteiger partial charge in [-0.2, -0.15) is 5.10 Å². The Hall–Kier alpha value is -3.50. The van der Waals surface area contributed by atoms with Crippen molar-refractivity contribution in [3.05, 3.63) is 107 Å². The molecule has 1 aliphatic rings. The number of aliphatic hydroxyl groups excluding tert-OH is 1. The van der Waals surface area contributed by atoms with Gasteiger partial charge in [0.2, 0.25) is 0 Å². The maximum atomic E-state index is 12.5. The Morgan fingerprint density at radius 1 is 1.00 bits per heavy atom. The Labute approximate surface area is 213 Å². The fourth-order valence-corrected chi connectivity index (χ4v) is 4.77. The van der Waals surface area contributed by atoms with Crippen molar-refractivity contribution in [2.75, 3.05) is 11.1 Å². The predicted molar refractivity (Wildman–Crippen MR) is 136 cm³/mol. The zero-order valence-electron chi connectivity index (χ0n) is 19.4. The van der Waals surface area contributed by atoms with E-state index in [9.17, 15) is 9.90 Å². The smallest absolute Gasteiger partial charge is 0.255 e. The van der Waals surface area contributed by atoms with E-state index in [-0.39, 0.29) is 24.7 Å². The minimum absolute atomic E-state index is 0.00114. The molecular weight excluding hydrogens is 476 g/mol. The maximum Gasteiger partial charge on any atom is 0.255 e. The third-order valence-electron chi connectivity index (χ3n) is 5.89. The number of anilines is 1. The van der Waals surface area contributed by atoms with Crippen LogP contribution in [0.25, 0.3) is 0 Å². The standard InChI is InChI=1S/C27H26N4O4S/c32-15-18-6-8-19(9-7-18)24-14-23(16-36-27-28-17-29-31-27)34-26(35-24)21-10-12-22(13-11-21)30-25(33)20-4-2-1-3-5-20/h1-13,17,23-24,26,32H,14-16H2,(H,30,33)(H,28,29,31)/t23-,24+,26+/m0/s1. The molecule has 2 heterocycles. The van der Waals surface area contributed by atoms with Crippen LogP contribution in [-0.2, 0) is 16.1 Å². The second-order valence-corrected chi connectivity index (χ2v) is 9.40. The molecule has 0 bridgehead atoms. The summed E-state index contributed by atoms with van der Waals surface area (Å²) < 4.78 is 12.7. The quantitative estimate of drug-likeness (QED) is 0.294. The molecule has 184 valence electrons. The molecule has 9 heteroatoms. The highest BCUT2D eigenvalue weighted by Crippen LogP contribution is 2.39. The topological polar surface area (TPSA) is 109 Å². The van der Waals surface area contributed by atoms with Crippen LogP contribution in [0.15, 0.2) is 90.3 Å². The number of aromatic nitrogens is 3. The number of nitrogens with zero attached hydrogens (tertiary/aromatic N) is 2. The molecule has 1 saturated heterocycles. The highest BCUT2D eigenvalue weighted by atomic mass is 32.2. The average Bonchev–Trinajstić information content (AvgIpc) is 3.46. The van der Waals surface area contributed by atoms with E-state index in [0.29, 0.717) is 23.4 Å². The molecule has 0 aliphatic carbocycles. The van der Waals surface area contributed by atoms with Gasteiger partial charge < -0.3 is 19.9 Å². The van der Waals surface area contributed by atoms with Crippen LogP contribution in [0.1, 0.15) is 45.9 Å². The first kappa shape index (κ1) is 24.2. The Morgan fingerprint density at radius 3 is 2.44 bits per heavy atom. The number of ether oxygens (including phenoxy) is 2. The fourth-order valence-electron chi connectivity index (χ4n) is 3.97. The summed E-state index contributed by atoms with van der Waals surface area (Å²) in [5.74, 6) is 0.523. The summed E-state index contributed by atoms with van der Waals surface area (Å²) in [7, 11) is 0. The van der Waals surface area contributed by atoms with Gasteiger partial charge in [-0.15, -0.1) is 0 Å². The van der Waals surface area contributed by atoms with Crippen molar-refractivity contribution in [2.24, 2.45) is 0 Å². The second-order valence-electron chi connectivity index (χ2n) is 8.39. The van der Waals surface area contributed by atoms with E-state index in [0.717, 1.165) is 21.8 Å². The Balaban J connectivity index is 1.30. The molecule has 0 unspecified atom stereocenters. The van der Waals surface area contributed by atoms with Crippen molar-refractivity contribution in [1.82, 2.24) is 15.2 Å². The van der Waals surface area contributed by atoms with Gasteiger partial charge in [0.05, 0.1) is 18.8 Å². The van der Waals surface area contributed by atoms with Crippen molar-refractivity contribution >= 4 is 23.4 Å². The van der Waals surface area contributed by atoms with Gasteiger partial charge in [-0.1, -0.05) is 66.4 Å². The maximum absolute atomic E-state index is 12.5. The van der Waals surface area contributed by atoms with Crippen molar-refractivity contribution in [2.45, 2.75) is 36.7 Å². The molecule has 1 fully saturated rings. The minimum Gasteiger partial charge on any atom is -0.392 e. The highest BCUT2D eigenvalue weighted by molar-refractivity contribution is 7.99. The number of hydrogen-bond donors (Lipinski definition) is 3. The number of aromatic amines is 1. The Morgan fingerprint density at radius 2 is 1.75 bits per heavy atom. The first-order chi connectivity index (χ1) is 17.7. The van der Waals surface area contributed by atoms with Gasteiger partial charge in [-0.25, -0.2) is 4.98 Å². The van der Waals surface area contributed by atoms with E-state index in [1.807, 2.05) is 66.7 Å². The molecule has 0 spiro atoms. The van der Waals surface area contributed by atoms with Crippen LogP contribution in [0.3, 0.4) is 0 Å². The number of amides is 1. The van der Waals surface area contributed by atoms with Crippen LogP contribution in [0.4, 0.5) is 5.69 Å². The first-order valence-corrected chi connectivity index (χ1v) is 12.6. The van der Waals surface area contributed by atoms with E-state index in [1.54, 1.807) is 23.9 Å². The highest BCUT2D eigenvalue weighted by Gasteiger charge is 2.32. The zero-order chi connectivity index (χ0) is 24.7. The van der Waals surface area contributed by atoms with Crippen molar-refractivity contribution in [3.63, 3.8) is 0 Å². The Bertz CT molecular complexity index is 1250. The number of H-pyrrole nitrogens is 1. The van der Waals surface area contributed by atoms with Crippen LogP contribution in [-0.4, -0.2) is 38.1 Å². The molecule has 0 radical (unpaired) electrons. The number of nitrogens with one attached hydrogen (secondary N) is 2. The monoisotopic (exact) mass is 502 g/mol. The van der Waals surface area contributed by atoms with Crippen LogP contribution in [0.5, 0.6) is 0 Å². The first-order valence-electron chi connectivity index (χ1n) is 11.6. The lowest BCUT2D eigenvalue weighted by Crippen LogP contribution is -2.31. The molecule has 36 heavy (non-hydrogen) atoms. The number of aliphatic hydroxyl groups is 1. The van der Waals surface area contributed by atoms with Gasteiger partial charge in [0, 0.05) is 29.0 Å². The van der Waals surface area contributed by atoms with Crippen molar-refractivity contribution in [1.29, 1.82) is 0 Å². The number of hydrogen-bond acceptors (Lipinski definition) is 7. The second kappa shape index (κ2) is 11.5. The van der Waals surface area contributed by atoms with Gasteiger partial charge in [0.25, 0.3) is 5.91 Å². The van der Waals surface area contributed by atoms with Gasteiger partial charge >= 0.3 is 0 Å². The van der Waals surface area contributed by atoms with Gasteiger partial charge in [0.1, 0.15) is 6.33 Å². The molecule has 5 rings (SSSR count).